The second-order valence-electron chi connectivity index (χ2n) is 4.88. The molecule has 0 radical (unpaired) electrons. The molecule has 0 aromatic carbocycles. The smallest absolute Gasteiger partial charge is 0.229 e. The fraction of sp³-hybridized carbons (Fsp3) is 0.538. The Morgan fingerprint density at radius 1 is 1.30 bits per heavy atom. The summed E-state index contributed by atoms with van der Waals surface area (Å²) in [6, 6.07) is 2.02. The van der Waals surface area contributed by atoms with E-state index < -0.39 is 0 Å². The fourth-order valence-electron chi connectivity index (χ4n) is 2.49. The molecule has 7 heteroatoms. The molecule has 7 nitrogen and oxygen atoms in total. The van der Waals surface area contributed by atoms with Crippen molar-refractivity contribution in [2.75, 3.05) is 44.3 Å². The molecule has 3 heterocycles. The number of nitriles is 1. The van der Waals surface area contributed by atoms with Crippen molar-refractivity contribution in [3.05, 3.63) is 18.1 Å². The minimum atomic E-state index is -0.0124. The maximum Gasteiger partial charge on any atom is 0.229 e. The molecular formula is C13H15N5O2. The Hall–Kier alpha value is -2.20. The summed E-state index contributed by atoms with van der Waals surface area (Å²) in [6.45, 7) is 3.77. The number of rotatable bonds is 2. The molecular weight excluding hydrogens is 258 g/mol. The van der Waals surface area contributed by atoms with E-state index in [1.54, 1.807) is 6.20 Å². The first-order valence-corrected chi connectivity index (χ1v) is 6.62. The van der Waals surface area contributed by atoms with Gasteiger partial charge in [0.15, 0.2) is 11.5 Å². The topological polar surface area (TPSA) is 82.3 Å². The van der Waals surface area contributed by atoms with Gasteiger partial charge in [-0.1, -0.05) is 0 Å². The van der Waals surface area contributed by atoms with E-state index in [2.05, 4.69) is 9.97 Å². The molecule has 3 rings (SSSR count). The summed E-state index contributed by atoms with van der Waals surface area (Å²) >= 11 is 0. The lowest BCUT2D eigenvalue weighted by atomic mass is 9.98. The van der Waals surface area contributed by atoms with Crippen LogP contribution in [0.4, 0.5) is 5.82 Å². The van der Waals surface area contributed by atoms with Gasteiger partial charge in [0.1, 0.15) is 6.07 Å². The maximum atomic E-state index is 12.3. The van der Waals surface area contributed by atoms with E-state index in [4.69, 9.17) is 10.00 Å². The molecule has 1 aromatic heterocycles. The molecule has 0 aliphatic carbocycles. The zero-order valence-electron chi connectivity index (χ0n) is 11.0. The predicted octanol–water partition coefficient (Wildman–Crippen LogP) is -0.357. The Morgan fingerprint density at radius 3 is 2.70 bits per heavy atom. The molecule has 0 unspecified atom stereocenters. The Kier molecular flexibility index (Phi) is 3.48. The number of morpholine rings is 1. The molecule has 1 aromatic rings. The van der Waals surface area contributed by atoms with Crippen LogP contribution in [0.1, 0.15) is 5.69 Å². The quantitative estimate of drug-likeness (QED) is 0.732. The first kappa shape index (κ1) is 12.8. The van der Waals surface area contributed by atoms with E-state index in [0.717, 1.165) is 0 Å². The number of aromatic nitrogens is 2. The number of anilines is 1. The van der Waals surface area contributed by atoms with Crippen molar-refractivity contribution in [2.45, 2.75) is 0 Å². The van der Waals surface area contributed by atoms with Crippen LogP contribution < -0.4 is 4.90 Å². The lowest BCUT2D eigenvalue weighted by Crippen LogP contribution is -2.56. The number of amides is 1. The molecule has 2 aliphatic heterocycles. The van der Waals surface area contributed by atoms with Crippen molar-refractivity contribution in [3.8, 4) is 6.07 Å². The van der Waals surface area contributed by atoms with Gasteiger partial charge in [-0.15, -0.1) is 0 Å². The molecule has 0 spiro atoms. The average molecular weight is 273 g/mol. The van der Waals surface area contributed by atoms with Crippen molar-refractivity contribution < 1.29 is 9.53 Å². The molecule has 0 atom stereocenters. The van der Waals surface area contributed by atoms with Crippen LogP contribution >= 0.6 is 0 Å². The first-order valence-electron chi connectivity index (χ1n) is 6.62. The number of carbonyl (C=O) groups excluding carboxylic acids is 1. The molecule has 20 heavy (non-hydrogen) atoms. The van der Waals surface area contributed by atoms with Crippen LogP contribution in [0.2, 0.25) is 0 Å². The summed E-state index contributed by atoms with van der Waals surface area (Å²) in [4.78, 5) is 24.2. The zero-order valence-corrected chi connectivity index (χ0v) is 11.0. The van der Waals surface area contributed by atoms with Gasteiger partial charge in [0.05, 0.1) is 19.1 Å². The summed E-state index contributed by atoms with van der Waals surface area (Å²) in [5, 5.41) is 9.00. The van der Waals surface area contributed by atoms with E-state index in [0.29, 0.717) is 50.9 Å². The van der Waals surface area contributed by atoms with E-state index in [9.17, 15) is 4.79 Å². The summed E-state index contributed by atoms with van der Waals surface area (Å²) in [7, 11) is 0. The summed E-state index contributed by atoms with van der Waals surface area (Å²) < 4.78 is 5.24. The van der Waals surface area contributed by atoms with Crippen molar-refractivity contribution in [3.63, 3.8) is 0 Å². The lowest BCUT2D eigenvalue weighted by molar-refractivity contribution is -0.140. The minimum absolute atomic E-state index is 0.0124. The number of nitrogens with zero attached hydrogens (tertiary/aromatic N) is 5. The third-order valence-corrected chi connectivity index (χ3v) is 3.64. The molecule has 0 saturated carbocycles. The van der Waals surface area contributed by atoms with Crippen LogP contribution in [0.3, 0.4) is 0 Å². The van der Waals surface area contributed by atoms with Crippen LogP contribution in [0.25, 0.3) is 0 Å². The predicted molar refractivity (Wildman–Crippen MR) is 69.8 cm³/mol. The van der Waals surface area contributed by atoms with Crippen LogP contribution in [-0.4, -0.2) is 60.2 Å². The largest absolute Gasteiger partial charge is 0.378 e. The monoisotopic (exact) mass is 273 g/mol. The second kappa shape index (κ2) is 5.43. The molecule has 0 bridgehead atoms. The highest BCUT2D eigenvalue weighted by atomic mass is 16.5. The van der Waals surface area contributed by atoms with Gasteiger partial charge in [0.2, 0.25) is 5.91 Å². The summed E-state index contributed by atoms with van der Waals surface area (Å²) in [5.74, 6) is 0.731. The molecule has 2 fully saturated rings. The first-order chi connectivity index (χ1) is 9.79. The van der Waals surface area contributed by atoms with Crippen molar-refractivity contribution in [2.24, 2.45) is 5.92 Å². The zero-order chi connectivity index (χ0) is 13.9. The number of hydrogen-bond acceptors (Lipinski definition) is 6. The van der Waals surface area contributed by atoms with Gasteiger partial charge in [-0.05, 0) is 0 Å². The minimum Gasteiger partial charge on any atom is -0.378 e. The number of ether oxygens (including phenoxy) is 1. The Bertz CT molecular complexity index is 544. The second-order valence-corrected chi connectivity index (χ2v) is 4.88. The average Bonchev–Trinajstić information content (AvgIpc) is 2.47. The normalized spacial score (nSPS) is 19.4. The highest BCUT2D eigenvalue weighted by molar-refractivity contribution is 5.82. The van der Waals surface area contributed by atoms with E-state index in [1.807, 2.05) is 15.9 Å². The van der Waals surface area contributed by atoms with Gasteiger partial charge < -0.3 is 14.5 Å². The molecule has 2 aliphatic rings. The van der Waals surface area contributed by atoms with E-state index in [-0.39, 0.29) is 11.8 Å². The maximum absolute atomic E-state index is 12.3. The number of hydrogen-bond donors (Lipinski definition) is 0. The van der Waals surface area contributed by atoms with Gasteiger partial charge in [-0.2, -0.15) is 5.26 Å². The van der Waals surface area contributed by atoms with Crippen LogP contribution in [0.15, 0.2) is 12.4 Å². The molecule has 1 amide bonds. The van der Waals surface area contributed by atoms with Gasteiger partial charge >= 0.3 is 0 Å². The Labute approximate surface area is 116 Å². The van der Waals surface area contributed by atoms with Gasteiger partial charge in [0.25, 0.3) is 0 Å². The standard InChI is InChI=1S/C13H15N5O2/c14-7-11-12(16-2-1-15-11)18-8-10(9-18)13(19)17-3-5-20-6-4-17/h1-2,10H,3-6,8-9H2. The molecule has 2 saturated heterocycles. The van der Waals surface area contributed by atoms with Crippen molar-refractivity contribution >= 4 is 11.7 Å². The van der Waals surface area contributed by atoms with Crippen molar-refractivity contribution in [1.29, 1.82) is 5.26 Å². The number of carbonyl (C=O) groups is 1. The van der Waals surface area contributed by atoms with Crippen LogP contribution in [0.5, 0.6) is 0 Å². The fourth-order valence-corrected chi connectivity index (χ4v) is 2.49. The van der Waals surface area contributed by atoms with Gasteiger partial charge in [-0.25, -0.2) is 9.97 Å². The Morgan fingerprint density at radius 2 is 2.00 bits per heavy atom. The third kappa shape index (κ3) is 2.30. The molecule has 0 N–H and O–H groups in total. The lowest BCUT2D eigenvalue weighted by Gasteiger charge is -2.42. The highest BCUT2D eigenvalue weighted by Crippen LogP contribution is 2.25. The highest BCUT2D eigenvalue weighted by Gasteiger charge is 2.37. The summed E-state index contributed by atoms with van der Waals surface area (Å²) in [6.07, 6.45) is 3.06. The SMILES string of the molecule is N#Cc1nccnc1N1CC(C(=O)N2CCOCC2)C1. The van der Waals surface area contributed by atoms with E-state index >= 15 is 0 Å². The third-order valence-electron chi connectivity index (χ3n) is 3.64. The van der Waals surface area contributed by atoms with Crippen LogP contribution in [-0.2, 0) is 9.53 Å². The molecule has 104 valence electrons. The van der Waals surface area contributed by atoms with Gasteiger partial charge in [0, 0.05) is 38.6 Å². The van der Waals surface area contributed by atoms with Crippen molar-refractivity contribution in [1.82, 2.24) is 14.9 Å². The summed E-state index contributed by atoms with van der Waals surface area (Å²) in [5.41, 5.74) is 0.310. The Balaban J connectivity index is 1.61. The van der Waals surface area contributed by atoms with E-state index in [1.165, 1.54) is 6.20 Å². The van der Waals surface area contributed by atoms with Gasteiger partial charge in [-0.3, -0.25) is 4.79 Å². The van der Waals surface area contributed by atoms with Crippen LogP contribution in [0, 0.1) is 17.2 Å².